The molecule has 1 N–H and O–H groups in total. The number of methoxy groups -OCH3 is 1. The Morgan fingerprint density at radius 1 is 1.35 bits per heavy atom. The number of carbonyl (C=O) groups is 1. The number of carbonyl (C=O) groups excluding carboxylic acids is 1. The average molecular weight is 290 g/mol. The minimum absolute atomic E-state index is 0.350. The summed E-state index contributed by atoms with van der Waals surface area (Å²) in [5, 5.41) is 3.93. The summed E-state index contributed by atoms with van der Waals surface area (Å²) in [7, 11) is 1.37. The summed E-state index contributed by atoms with van der Waals surface area (Å²) in [4.78, 5) is 16.0. The van der Waals surface area contributed by atoms with E-state index in [1.807, 2.05) is 0 Å². The highest BCUT2D eigenvalue weighted by molar-refractivity contribution is 7.17. The molecule has 0 bridgehead atoms. The predicted molar refractivity (Wildman–Crippen MR) is 81.3 cm³/mol. The third-order valence-corrected chi connectivity index (χ3v) is 3.92. The maximum atomic E-state index is 11.3. The lowest BCUT2D eigenvalue weighted by atomic mass is 10.0. The molecule has 4 nitrogen and oxygen atoms in total. The molecule has 0 atom stereocenters. The first-order valence-corrected chi connectivity index (χ1v) is 7.28. The van der Waals surface area contributed by atoms with Crippen molar-refractivity contribution in [3.63, 3.8) is 0 Å². The zero-order chi connectivity index (χ0) is 14.5. The van der Waals surface area contributed by atoms with Gasteiger partial charge in [0.1, 0.15) is 4.88 Å². The van der Waals surface area contributed by atoms with Crippen LogP contribution >= 0.6 is 11.3 Å². The highest BCUT2D eigenvalue weighted by Crippen LogP contribution is 2.20. The van der Waals surface area contributed by atoms with E-state index >= 15 is 0 Å². The molecular formula is C15H18N2O2S. The van der Waals surface area contributed by atoms with Gasteiger partial charge in [0.15, 0.2) is 5.13 Å². The van der Waals surface area contributed by atoms with Crippen molar-refractivity contribution in [3.8, 4) is 0 Å². The van der Waals surface area contributed by atoms with Crippen LogP contribution in [0.3, 0.4) is 0 Å². The van der Waals surface area contributed by atoms with Crippen LogP contribution in [0.2, 0.25) is 0 Å². The normalized spacial score (nSPS) is 10.6. The fourth-order valence-electron chi connectivity index (χ4n) is 1.75. The monoisotopic (exact) mass is 290 g/mol. The van der Waals surface area contributed by atoms with Gasteiger partial charge in [0, 0.05) is 6.54 Å². The number of aromatic nitrogens is 1. The van der Waals surface area contributed by atoms with E-state index in [1.54, 1.807) is 0 Å². The number of ether oxygens (including phenoxy) is 1. The van der Waals surface area contributed by atoms with Crippen LogP contribution in [0.4, 0.5) is 5.13 Å². The highest BCUT2D eigenvalue weighted by atomic mass is 32.1. The third kappa shape index (κ3) is 3.57. The Morgan fingerprint density at radius 3 is 2.65 bits per heavy atom. The Labute approximate surface area is 122 Å². The lowest BCUT2D eigenvalue weighted by Crippen LogP contribution is -1.99. The van der Waals surface area contributed by atoms with E-state index in [2.05, 4.69) is 53.2 Å². The van der Waals surface area contributed by atoms with E-state index in [9.17, 15) is 4.79 Å². The first-order valence-electron chi connectivity index (χ1n) is 6.47. The molecule has 0 aliphatic heterocycles. The van der Waals surface area contributed by atoms with Crippen molar-refractivity contribution in [1.29, 1.82) is 0 Å². The summed E-state index contributed by atoms with van der Waals surface area (Å²) in [6.07, 6.45) is 1.53. The van der Waals surface area contributed by atoms with Gasteiger partial charge >= 0.3 is 5.97 Å². The second kappa shape index (κ2) is 6.52. The van der Waals surface area contributed by atoms with Crippen LogP contribution in [-0.2, 0) is 11.3 Å². The van der Waals surface area contributed by atoms with Crippen molar-refractivity contribution in [2.45, 2.75) is 26.3 Å². The highest BCUT2D eigenvalue weighted by Gasteiger charge is 2.10. The molecule has 5 heteroatoms. The van der Waals surface area contributed by atoms with Gasteiger partial charge < -0.3 is 10.1 Å². The number of nitrogens with one attached hydrogen (secondary N) is 1. The van der Waals surface area contributed by atoms with Crippen molar-refractivity contribution >= 4 is 22.4 Å². The van der Waals surface area contributed by atoms with Crippen LogP contribution in [0.5, 0.6) is 0 Å². The van der Waals surface area contributed by atoms with Crippen LogP contribution < -0.4 is 5.32 Å². The number of benzene rings is 1. The summed E-state index contributed by atoms with van der Waals surface area (Å²) < 4.78 is 4.65. The fourth-order valence-corrected chi connectivity index (χ4v) is 2.48. The summed E-state index contributed by atoms with van der Waals surface area (Å²) in [6, 6.07) is 8.50. The number of thiazole rings is 1. The van der Waals surface area contributed by atoms with Crippen molar-refractivity contribution in [1.82, 2.24) is 4.98 Å². The zero-order valence-corrected chi connectivity index (χ0v) is 12.7. The molecule has 0 aliphatic rings. The second-order valence-corrected chi connectivity index (χ2v) is 5.80. The summed E-state index contributed by atoms with van der Waals surface area (Å²) in [6.45, 7) is 5.04. The SMILES string of the molecule is COC(=O)c1cnc(NCc2ccc(C(C)C)cc2)s1. The summed E-state index contributed by atoms with van der Waals surface area (Å²) >= 11 is 1.30. The molecule has 106 valence electrons. The van der Waals surface area contributed by atoms with Crippen LogP contribution in [0.1, 0.15) is 40.6 Å². The van der Waals surface area contributed by atoms with E-state index in [1.165, 1.54) is 35.8 Å². The predicted octanol–water partition coefficient (Wildman–Crippen LogP) is 3.67. The zero-order valence-electron chi connectivity index (χ0n) is 11.8. The van der Waals surface area contributed by atoms with Gasteiger partial charge in [-0.2, -0.15) is 0 Å². The molecule has 1 aromatic heterocycles. The third-order valence-electron chi connectivity index (χ3n) is 2.98. The van der Waals surface area contributed by atoms with E-state index in [-0.39, 0.29) is 5.97 Å². The molecule has 2 aromatic rings. The van der Waals surface area contributed by atoms with Gasteiger partial charge in [-0.3, -0.25) is 0 Å². The number of hydrogen-bond acceptors (Lipinski definition) is 5. The molecule has 1 aromatic carbocycles. The molecule has 0 amide bonds. The Hall–Kier alpha value is -1.88. The summed E-state index contributed by atoms with van der Waals surface area (Å²) in [5.74, 6) is 0.190. The van der Waals surface area contributed by atoms with Crippen LogP contribution in [0.15, 0.2) is 30.5 Å². The van der Waals surface area contributed by atoms with Gasteiger partial charge in [-0.1, -0.05) is 49.4 Å². The number of esters is 1. The van der Waals surface area contributed by atoms with E-state index in [0.29, 0.717) is 17.3 Å². The Morgan fingerprint density at radius 2 is 2.05 bits per heavy atom. The molecule has 0 fully saturated rings. The molecule has 1 heterocycles. The molecule has 0 saturated carbocycles. The first kappa shape index (κ1) is 14.5. The standard InChI is InChI=1S/C15H18N2O2S/c1-10(2)12-6-4-11(5-7-12)8-16-15-17-9-13(20-15)14(18)19-3/h4-7,9-10H,8H2,1-3H3,(H,16,17). The Kier molecular flexibility index (Phi) is 4.74. The lowest BCUT2D eigenvalue weighted by molar-refractivity contribution is 0.0606. The van der Waals surface area contributed by atoms with E-state index in [0.717, 1.165) is 5.13 Å². The second-order valence-electron chi connectivity index (χ2n) is 4.77. The lowest BCUT2D eigenvalue weighted by Gasteiger charge is -2.07. The maximum absolute atomic E-state index is 11.3. The van der Waals surface area contributed by atoms with Crippen LogP contribution in [0, 0.1) is 0 Å². The largest absolute Gasteiger partial charge is 0.465 e. The van der Waals surface area contributed by atoms with E-state index in [4.69, 9.17) is 0 Å². The Balaban J connectivity index is 1.94. The molecule has 0 unspecified atom stereocenters. The molecule has 0 saturated heterocycles. The number of nitrogens with zero attached hydrogens (tertiary/aromatic N) is 1. The van der Waals surface area contributed by atoms with Gasteiger partial charge in [0.25, 0.3) is 0 Å². The van der Waals surface area contributed by atoms with Crippen LogP contribution in [-0.4, -0.2) is 18.1 Å². The van der Waals surface area contributed by atoms with Gasteiger partial charge in [-0.15, -0.1) is 0 Å². The van der Waals surface area contributed by atoms with E-state index < -0.39 is 0 Å². The number of anilines is 1. The van der Waals surface area contributed by atoms with Gasteiger partial charge in [-0.25, -0.2) is 9.78 Å². The molecule has 0 aliphatic carbocycles. The van der Waals surface area contributed by atoms with Crippen molar-refractivity contribution in [2.75, 3.05) is 12.4 Å². The molecule has 0 radical (unpaired) electrons. The van der Waals surface area contributed by atoms with Crippen LogP contribution in [0.25, 0.3) is 0 Å². The molecule has 20 heavy (non-hydrogen) atoms. The van der Waals surface area contributed by atoms with Gasteiger partial charge in [0.2, 0.25) is 0 Å². The molecular weight excluding hydrogens is 272 g/mol. The summed E-state index contributed by atoms with van der Waals surface area (Å²) in [5.41, 5.74) is 2.51. The Bertz CT molecular complexity index is 576. The van der Waals surface area contributed by atoms with Crippen molar-refractivity contribution < 1.29 is 9.53 Å². The topological polar surface area (TPSA) is 51.2 Å². The minimum atomic E-state index is -0.350. The molecule has 0 spiro atoms. The van der Waals surface area contributed by atoms with Gasteiger partial charge in [0.05, 0.1) is 13.3 Å². The first-order chi connectivity index (χ1) is 9.60. The fraction of sp³-hybridized carbons (Fsp3) is 0.333. The average Bonchev–Trinajstić information content (AvgIpc) is 2.93. The molecule has 2 rings (SSSR count). The number of hydrogen-bond donors (Lipinski definition) is 1. The smallest absolute Gasteiger partial charge is 0.349 e. The minimum Gasteiger partial charge on any atom is -0.465 e. The maximum Gasteiger partial charge on any atom is 0.349 e. The van der Waals surface area contributed by atoms with Gasteiger partial charge in [-0.05, 0) is 17.0 Å². The number of rotatable bonds is 5. The van der Waals surface area contributed by atoms with Crippen molar-refractivity contribution in [2.24, 2.45) is 0 Å². The quantitative estimate of drug-likeness (QED) is 0.854. The van der Waals surface area contributed by atoms with Crippen molar-refractivity contribution in [3.05, 3.63) is 46.5 Å².